The zero-order chi connectivity index (χ0) is 25.4. The minimum absolute atomic E-state index is 0.0426. The number of nitrogen functional groups attached to an aromatic ring is 1. The number of fused-ring (bicyclic) bond motifs is 2. The van der Waals surface area contributed by atoms with E-state index in [-0.39, 0.29) is 17.5 Å². The maximum Gasteiger partial charge on any atom is 0.251 e. The lowest BCUT2D eigenvalue weighted by Crippen LogP contribution is -2.40. The van der Waals surface area contributed by atoms with E-state index in [9.17, 15) is 4.79 Å². The first-order valence-corrected chi connectivity index (χ1v) is 12.4. The lowest BCUT2D eigenvalue weighted by molar-refractivity contribution is 0.130. The number of nitrogens with one attached hydrogen (secondary N) is 2. The van der Waals surface area contributed by atoms with Crippen molar-refractivity contribution >= 4 is 33.5 Å². The maximum absolute atomic E-state index is 12.9. The van der Waals surface area contributed by atoms with Crippen molar-refractivity contribution in [3.05, 3.63) is 76.2 Å². The Labute approximate surface area is 209 Å². The molecule has 0 atom stereocenters. The van der Waals surface area contributed by atoms with E-state index < -0.39 is 0 Å². The van der Waals surface area contributed by atoms with Gasteiger partial charge in [0, 0.05) is 60.7 Å². The summed E-state index contributed by atoms with van der Waals surface area (Å²) in [6.07, 6.45) is 1.91. The monoisotopic (exact) mass is 484 g/mol. The minimum Gasteiger partial charge on any atom is -0.490 e. The van der Waals surface area contributed by atoms with Crippen LogP contribution >= 0.6 is 0 Å². The molecular formula is C28H32N6O2. The van der Waals surface area contributed by atoms with E-state index in [0.717, 1.165) is 65.7 Å². The third kappa shape index (κ3) is 4.46. The number of aromatic nitrogens is 2. The van der Waals surface area contributed by atoms with E-state index in [1.54, 1.807) is 10.6 Å². The highest BCUT2D eigenvalue weighted by atomic mass is 16.5. The number of rotatable bonds is 6. The number of nitrogens with zero attached hydrogens (tertiary/aromatic N) is 3. The highest BCUT2D eigenvalue weighted by Gasteiger charge is 2.21. The van der Waals surface area contributed by atoms with Gasteiger partial charge in [-0.25, -0.2) is 0 Å². The summed E-state index contributed by atoms with van der Waals surface area (Å²) in [4.78, 5) is 15.0. The van der Waals surface area contributed by atoms with Crippen molar-refractivity contribution in [2.45, 2.75) is 45.9 Å². The summed E-state index contributed by atoms with van der Waals surface area (Å²) < 4.78 is 10.2. The molecule has 0 aliphatic carbocycles. The molecular weight excluding hydrogens is 452 g/mol. The molecule has 0 saturated carbocycles. The van der Waals surface area contributed by atoms with E-state index in [4.69, 9.17) is 21.3 Å². The first kappa shape index (κ1) is 23.7. The lowest BCUT2D eigenvalue weighted by atomic mass is 10.1. The second kappa shape index (κ2) is 9.53. The van der Waals surface area contributed by atoms with Gasteiger partial charge in [0.15, 0.2) is 0 Å². The van der Waals surface area contributed by atoms with Gasteiger partial charge in [-0.05, 0) is 55.6 Å². The second-order valence-electron chi connectivity index (χ2n) is 9.44. The van der Waals surface area contributed by atoms with Crippen LogP contribution in [-0.2, 0) is 13.1 Å². The largest absolute Gasteiger partial charge is 0.490 e. The number of piperidine rings is 1. The van der Waals surface area contributed by atoms with Crippen molar-refractivity contribution in [1.82, 2.24) is 14.0 Å². The van der Waals surface area contributed by atoms with Crippen LogP contribution in [0, 0.1) is 10.8 Å². The molecule has 4 aromatic rings. The molecule has 8 nitrogen and oxygen atoms in total. The van der Waals surface area contributed by atoms with Crippen LogP contribution in [0.25, 0.3) is 21.8 Å². The Balaban J connectivity index is 1.44. The van der Waals surface area contributed by atoms with Crippen LogP contribution in [0.2, 0.25) is 0 Å². The molecule has 2 aromatic heterocycles. The predicted molar refractivity (Wildman–Crippen MR) is 145 cm³/mol. The number of ether oxygens (including phenoxy) is 1. The summed E-state index contributed by atoms with van der Waals surface area (Å²) in [6.45, 7) is 6.77. The van der Waals surface area contributed by atoms with Gasteiger partial charge in [0.2, 0.25) is 0 Å². The van der Waals surface area contributed by atoms with Gasteiger partial charge in [0.25, 0.3) is 5.56 Å². The third-order valence-electron chi connectivity index (χ3n) is 7.12. The summed E-state index contributed by atoms with van der Waals surface area (Å²) in [5, 5.41) is 17.6. The Morgan fingerprint density at radius 3 is 2.39 bits per heavy atom. The SMILES string of the molecule is CCn1c(Cn2c(=O)ccc3cc(OC4CCN(C(C)=N)CC4)ccc32)cc2ccc(C(=N)N)cc21. The van der Waals surface area contributed by atoms with E-state index in [1.165, 1.54) is 0 Å². The Hall–Kier alpha value is -4.07. The third-order valence-corrected chi connectivity index (χ3v) is 7.12. The molecule has 36 heavy (non-hydrogen) atoms. The summed E-state index contributed by atoms with van der Waals surface area (Å²) in [6, 6.07) is 17.3. The molecule has 4 N–H and O–H groups in total. The molecule has 5 rings (SSSR count). The number of amidine groups is 2. The summed E-state index contributed by atoms with van der Waals surface area (Å²) in [5.74, 6) is 1.46. The van der Waals surface area contributed by atoms with Gasteiger partial charge in [0.05, 0.1) is 17.9 Å². The fraction of sp³-hybridized carbons (Fsp3) is 0.321. The quantitative estimate of drug-likeness (QED) is 0.282. The normalized spacial score (nSPS) is 14.4. The zero-order valence-corrected chi connectivity index (χ0v) is 20.8. The number of benzene rings is 2. The van der Waals surface area contributed by atoms with Crippen molar-refractivity contribution in [1.29, 1.82) is 10.8 Å². The van der Waals surface area contributed by atoms with Gasteiger partial charge in [-0.2, -0.15) is 0 Å². The van der Waals surface area contributed by atoms with E-state index in [1.807, 2.05) is 49.4 Å². The maximum atomic E-state index is 12.9. The predicted octanol–water partition coefficient (Wildman–Crippen LogP) is 4.15. The first-order valence-electron chi connectivity index (χ1n) is 12.4. The molecule has 0 bridgehead atoms. The molecule has 1 fully saturated rings. The van der Waals surface area contributed by atoms with E-state index >= 15 is 0 Å². The van der Waals surface area contributed by atoms with Gasteiger partial charge < -0.3 is 24.5 Å². The van der Waals surface area contributed by atoms with Crippen molar-refractivity contribution in [2.75, 3.05) is 13.1 Å². The van der Waals surface area contributed by atoms with Crippen LogP contribution < -0.4 is 16.0 Å². The van der Waals surface area contributed by atoms with Gasteiger partial charge in [-0.3, -0.25) is 15.6 Å². The Morgan fingerprint density at radius 1 is 0.972 bits per heavy atom. The van der Waals surface area contributed by atoms with Gasteiger partial charge in [-0.1, -0.05) is 12.1 Å². The van der Waals surface area contributed by atoms with Crippen LogP contribution in [0.1, 0.15) is 37.9 Å². The number of aryl methyl sites for hydroxylation is 1. The molecule has 3 heterocycles. The average molecular weight is 485 g/mol. The number of hydrogen-bond donors (Lipinski definition) is 3. The highest BCUT2D eigenvalue weighted by Crippen LogP contribution is 2.26. The Kier molecular flexibility index (Phi) is 6.26. The standard InChI is InChI=1S/C28H32N6O2/c1-3-33-22(14-19-4-5-21(28(30)31)16-26(19)33)17-34-25-8-7-24(15-20(25)6-9-27(34)35)36-23-10-12-32(13-11-23)18(2)29/h4-9,14-16,23,29H,3,10-13,17H2,1-2H3,(H3,30,31). The van der Waals surface area contributed by atoms with Crippen LogP contribution in [0.5, 0.6) is 5.75 Å². The molecule has 0 amide bonds. The number of hydrogen-bond acceptors (Lipinski definition) is 4. The molecule has 186 valence electrons. The van der Waals surface area contributed by atoms with Crippen LogP contribution in [-0.4, -0.2) is 44.9 Å². The van der Waals surface area contributed by atoms with Crippen LogP contribution in [0.15, 0.2) is 59.4 Å². The molecule has 1 aliphatic rings. The van der Waals surface area contributed by atoms with Crippen molar-refractivity contribution in [3.8, 4) is 5.75 Å². The summed E-state index contributed by atoms with van der Waals surface area (Å²) >= 11 is 0. The van der Waals surface area contributed by atoms with Crippen molar-refractivity contribution < 1.29 is 4.74 Å². The molecule has 0 radical (unpaired) electrons. The molecule has 1 saturated heterocycles. The van der Waals surface area contributed by atoms with Crippen molar-refractivity contribution in [2.24, 2.45) is 5.73 Å². The molecule has 0 spiro atoms. The fourth-order valence-corrected chi connectivity index (χ4v) is 5.17. The molecule has 8 heteroatoms. The van der Waals surface area contributed by atoms with Crippen molar-refractivity contribution in [3.63, 3.8) is 0 Å². The van der Waals surface area contributed by atoms with Crippen LogP contribution in [0.3, 0.4) is 0 Å². The molecule has 1 aliphatic heterocycles. The number of likely N-dealkylation sites (tertiary alicyclic amines) is 1. The van der Waals surface area contributed by atoms with Gasteiger partial charge >= 0.3 is 0 Å². The summed E-state index contributed by atoms with van der Waals surface area (Å²) in [7, 11) is 0. The number of nitrogens with two attached hydrogens (primary N) is 1. The van der Waals surface area contributed by atoms with E-state index in [2.05, 4.69) is 22.5 Å². The molecule has 0 unspecified atom stereocenters. The second-order valence-corrected chi connectivity index (χ2v) is 9.44. The highest BCUT2D eigenvalue weighted by molar-refractivity contribution is 5.98. The smallest absolute Gasteiger partial charge is 0.251 e. The minimum atomic E-state index is -0.0529. The fourth-order valence-electron chi connectivity index (χ4n) is 5.17. The van der Waals surface area contributed by atoms with Crippen LogP contribution in [0.4, 0.5) is 0 Å². The summed E-state index contributed by atoms with van der Waals surface area (Å²) in [5.41, 5.74) is 9.24. The Bertz CT molecular complexity index is 1520. The van der Waals surface area contributed by atoms with E-state index in [0.29, 0.717) is 17.9 Å². The zero-order valence-electron chi connectivity index (χ0n) is 20.8. The average Bonchev–Trinajstić information content (AvgIpc) is 3.22. The van der Waals surface area contributed by atoms with Gasteiger partial charge in [0.1, 0.15) is 17.7 Å². The Morgan fingerprint density at radius 2 is 1.69 bits per heavy atom. The van der Waals surface area contributed by atoms with Gasteiger partial charge in [-0.15, -0.1) is 0 Å². The topological polar surface area (TPSA) is 113 Å². The first-order chi connectivity index (χ1) is 17.3. The lowest BCUT2D eigenvalue weighted by Gasteiger charge is -2.32. The molecule has 2 aromatic carbocycles. The number of pyridine rings is 1.